The molecule has 0 aromatic rings. The maximum Gasteiger partial charge on any atom is -0.0533 e. The van der Waals surface area contributed by atoms with Crippen molar-refractivity contribution in [3.8, 4) is 0 Å². The molecule has 0 saturated carbocycles. The highest BCUT2D eigenvalue weighted by Gasteiger charge is 1.97. The third-order valence-electron chi connectivity index (χ3n) is 8.75. The third kappa shape index (κ3) is 36.0. The van der Waals surface area contributed by atoms with Crippen LogP contribution in [-0.2, 0) is 0 Å². The zero-order chi connectivity index (χ0) is 27.5. The van der Waals surface area contributed by atoms with Crippen molar-refractivity contribution >= 4 is 0 Å². The molecule has 0 unspecified atom stereocenters. The lowest BCUT2D eigenvalue weighted by molar-refractivity contribution is 0.511. The van der Waals surface area contributed by atoms with E-state index in [4.69, 9.17) is 0 Å². The normalized spacial score (nSPS) is 11.5. The average Bonchev–Trinajstić information content (AvgIpc) is 2.93. The molecule has 0 heteroatoms. The van der Waals surface area contributed by atoms with E-state index < -0.39 is 0 Å². The van der Waals surface area contributed by atoms with Crippen LogP contribution in [0.3, 0.4) is 0 Å². The van der Waals surface area contributed by atoms with E-state index in [1.807, 2.05) is 0 Å². The summed E-state index contributed by atoms with van der Waals surface area (Å²) < 4.78 is 0. The molecule has 0 aromatic carbocycles. The van der Waals surface area contributed by atoms with Crippen LogP contribution in [0.1, 0.15) is 231 Å². The molecule has 0 saturated heterocycles. The molecule has 0 atom stereocenters. The van der Waals surface area contributed by atoms with Crippen LogP contribution in [0.25, 0.3) is 0 Å². The van der Waals surface area contributed by atoms with Gasteiger partial charge in [-0.3, -0.25) is 0 Å². The summed E-state index contributed by atoms with van der Waals surface area (Å²) in [7, 11) is 0. The molecule has 0 spiro atoms. The topological polar surface area (TPSA) is 0 Å². The highest BCUT2D eigenvalue weighted by atomic mass is 14.0. The zero-order valence-corrected chi connectivity index (χ0v) is 26.9. The van der Waals surface area contributed by atoms with Crippen LogP contribution < -0.4 is 0 Å². The molecule has 0 amide bonds. The van der Waals surface area contributed by atoms with Gasteiger partial charge in [-0.25, -0.2) is 0 Å². The Labute approximate surface area is 244 Å². The largest absolute Gasteiger partial charge is 0.0533 e. The predicted molar refractivity (Wildman–Crippen MR) is 177 cm³/mol. The molecule has 0 rings (SSSR count). The van der Waals surface area contributed by atoms with Crippen LogP contribution in [0.5, 0.6) is 0 Å². The quantitative estimate of drug-likeness (QED) is 0.0712. The van der Waals surface area contributed by atoms with E-state index in [9.17, 15) is 0 Å². The maximum atomic E-state index is 3.93. The summed E-state index contributed by atoms with van der Waals surface area (Å²) in [6, 6.07) is 0. The molecule has 0 nitrogen and oxygen atoms in total. The molecule has 0 aromatic heterocycles. The summed E-state index contributed by atoms with van der Waals surface area (Å²) in [4.78, 5) is 0. The smallest absolute Gasteiger partial charge is 0.0533 e. The van der Waals surface area contributed by atoms with E-state index in [1.165, 1.54) is 218 Å². The van der Waals surface area contributed by atoms with Crippen molar-refractivity contribution in [1.29, 1.82) is 0 Å². The second kappa shape index (κ2) is 37.0. The monoisotopic (exact) mass is 533 g/mol. The van der Waals surface area contributed by atoms with Gasteiger partial charge in [-0.1, -0.05) is 245 Å². The van der Waals surface area contributed by atoms with E-state index in [2.05, 4.69) is 13.8 Å². The Balaban J connectivity index is 3.01. The van der Waals surface area contributed by atoms with Gasteiger partial charge >= 0.3 is 0 Å². The van der Waals surface area contributed by atoms with Crippen molar-refractivity contribution in [2.24, 2.45) is 0 Å². The maximum absolute atomic E-state index is 3.93. The van der Waals surface area contributed by atoms with Gasteiger partial charge in [0, 0.05) is 0 Å². The van der Waals surface area contributed by atoms with Crippen LogP contribution in [0, 0.1) is 13.8 Å². The summed E-state index contributed by atoms with van der Waals surface area (Å²) in [6.45, 7) is 7.85. The first-order valence-electron chi connectivity index (χ1n) is 18.5. The fraction of sp³-hybridized carbons (Fsp3) is 0.947. The SMILES string of the molecule is [CH2]CCCCCCCCCCCCCCCCCCCCCCCCCCCCCCCCCCCC[CH2]. The molecule has 2 radical (unpaired) electrons. The van der Waals surface area contributed by atoms with Gasteiger partial charge in [0.05, 0.1) is 0 Å². The molecular weight excluding hydrogens is 456 g/mol. The summed E-state index contributed by atoms with van der Waals surface area (Å²) in [5, 5.41) is 0. The molecule has 38 heavy (non-hydrogen) atoms. The van der Waals surface area contributed by atoms with Crippen LogP contribution in [0.15, 0.2) is 0 Å². The van der Waals surface area contributed by atoms with E-state index in [0.29, 0.717) is 0 Å². The summed E-state index contributed by atoms with van der Waals surface area (Å²) in [6.07, 6.45) is 52.1. The van der Waals surface area contributed by atoms with Crippen molar-refractivity contribution in [1.82, 2.24) is 0 Å². The van der Waals surface area contributed by atoms with Crippen LogP contribution in [0.4, 0.5) is 0 Å². The fourth-order valence-corrected chi connectivity index (χ4v) is 6.01. The first-order chi connectivity index (χ1) is 18.9. The van der Waals surface area contributed by atoms with Crippen LogP contribution in [0.2, 0.25) is 0 Å². The minimum absolute atomic E-state index is 1.12. The van der Waals surface area contributed by atoms with Gasteiger partial charge in [0.15, 0.2) is 0 Å². The van der Waals surface area contributed by atoms with E-state index >= 15 is 0 Å². The predicted octanol–water partition coefficient (Wildman–Crippen LogP) is 14.7. The molecule has 0 heterocycles. The Bertz CT molecular complexity index is 336. The van der Waals surface area contributed by atoms with E-state index in [1.54, 1.807) is 0 Å². The fourth-order valence-electron chi connectivity index (χ4n) is 6.01. The van der Waals surface area contributed by atoms with E-state index in [0.717, 1.165) is 12.8 Å². The van der Waals surface area contributed by atoms with Gasteiger partial charge in [-0.15, -0.1) is 0 Å². The first-order valence-corrected chi connectivity index (χ1v) is 18.5. The van der Waals surface area contributed by atoms with Gasteiger partial charge < -0.3 is 0 Å². The molecule has 0 N–H and O–H groups in total. The standard InChI is InChI=1S/C38H76/c1-3-5-7-9-11-13-15-17-19-21-23-25-27-29-31-33-35-37-38-36-34-32-30-28-26-24-22-20-18-16-14-12-10-8-6-4-2/h1-38H2. The number of unbranched alkanes of at least 4 members (excludes halogenated alkanes) is 35. The minimum atomic E-state index is 1.12. The van der Waals surface area contributed by atoms with Gasteiger partial charge in [-0.05, 0) is 0 Å². The van der Waals surface area contributed by atoms with Crippen molar-refractivity contribution < 1.29 is 0 Å². The Morgan fingerprint density at radius 2 is 0.211 bits per heavy atom. The van der Waals surface area contributed by atoms with Crippen LogP contribution in [-0.4, -0.2) is 0 Å². The molecule has 0 aliphatic heterocycles. The van der Waals surface area contributed by atoms with E-state index in [-0.39, 0.29) is 0 Å². The van der Waals surface area contributed by atoms with Gasteiger partial charge in [0.1, 0.15) is 0 Å². The second-order valence-electron chi connectivity index (χ2n) is 12.7. The minimum Gasteiger partial charge on any atom is -0.0533 e. The Morgan fingerprint density at radius 1 is 0.132 bits per heavy atom. The molecule has 0 fully saturated rings. The highest BCUT2D eigenvalue weighted by molar-refractivity contribution is 4.53. The lowest BCUT2D eigenvalue weighted by atomic mass is 10.0. The average molecular weight is 533 g/mol. The summed E-state index contributed by atoms with van der Waals surface area (Å²) in [5.74, 6) is 0. The lowest BCUT2D eigenvalue weighted by Gasteiger charge is -2.05. The van der Waals surface area contributed by atoms with Gasteiger partial charge in [0.2, 0.25) is 0 Å². The number of hydrogen-bond acceptors (Lipinski definition) is 0. The Kier molecular flexibility index (Phi) is 37.0. The Hall–Kier alpha value is 0. The van der Waals surface area contributed by atoms with Gasteiger partial charge in [-0.2, -0.15) is 0 Å². The molecule has 0 bridgehead atoms. The number of hydrogen-bond donors (Lipinski definition) is 0. The number of rotatable bonds is 35. The van der Waals surface area contributed by atoms with Crippen molar-refractivity contribution in [2.45, 2.75) is 231 Å². The highest BCUT2D eigenvalue weighted by Crippen LogP contribution is 2.17. The summed E-state index contributed by atoms with van der Waals surface area (Å²) in [5.41, 5.74) is 0. The molecular formula is C38H76. The molecule has 0 aliphatic rings. The molecule has 0 aliphatic carbocycles. The van der Waals surface area contributed by atoms with Gasteiger partial charge in [0.25, 0.3) is 0 Å². The summed E-state index contributed by atoms with van der Waals surface area (Å²) >= 11 is 0. The van der Waals surface area contributed by atoms with Crippen molar-refractivity contribution in [3.63, 3.8) is 0 Å². The van der Waals surface area contributed by atoms with Crippen molar-refractivity contribution in [2.75, 3.05) is 0 Å². The Morgan fingerprint density at radius 3 is 0.289 bits per heavy atom. The second-order valence-corrected chi connectivity index (χ2v) is 12.7. The third-order valence-corrected chi connectivity index (χ3v) is 8.75. The van der Waals surface area contributed by atoms with Crippen LogP contribution >= 0.6 is 0 Å². The zero-order valence-electron chi connectivity index (χ0n) is 26.9. The molecule has 228 valence electrons. The lowest BCUT2D eigenvalue weighted by Crippen LogP contribution is -1.85. The first kappa shape index (κ1) is 38.0. The van der Waals surface area contributed by atoms with Crippen molar-refractivity contribution in [3.05, 3.63) is 13.8 Å².